The summed E-state index contributed by atoms with van der Waals surface area (Å²) < 4.78 is 0. The molecule has 0 spiro atoms. The molecule has 10 amide bonds. The molecule has 29 heteroatoms. The fraction of sp³-hybridized carbons (Fsp3) is 0.783. The number of aliphatic hydroxyl groups excluding tert-OH is 8. The number of hydrogen-bond donors (Lipinski definition) is 10. The molecule has 11 N–H and O–H groups in total. The molecule has 29 nitrogen and oxygen atoms in total. The van der Waals surface area contributed by atoms with Crippen LogP contribution in [0.5, 0.6) is 0 Å². The number of nitrogens with zero attached hydrogens (tertiary/aromatic N) is 9. The maximum atomic E-state index is 14.0. The van der Waals surface area contributed by atoms with Crippen molar-refractivity contribution in [3.05, 3.63) is 0 Å². The quantitative estimate of drug-likeness (QED) is 0.0279. The van der Waals surface area contributed by atoms with Gasteiger partial charge in [0.1, 0.15) is 0 Å². The first kappa shape index (κ1) is 69.3. The van der Waals surface area contributed by atoms with E-state index in [1.165, 1.54) is 69.5 Å². The van der Waals surface area contributed by atoms with Gasteiger partial charge in [0.25, 0.3) is 0 Å². The zero-order valence-corrected chi connectivity index (χ0v) is 45.1. The van der Waals surface area contributed by atoms with Crippen LogP contribution in [0.2, 0.25) is 0 Å². The summed E-state index contributed by atoms with van der Waals surface area (Å²) in [5.41, 5.74) is 5.25. The van der Waals surface area contributed by atoms with E-state index in [-0.39, 0.29) is 26.2 Å². The fourth-order valence-electron chi connectivity index (χ4n) is 7.29. The largest absolute Gasteiger partial charge is 0.392 e. The molecule has 8 unspecified atom stereocenters. The van der Waals surface area contributed by atoms with E-state index in [4.69, 9.17) is 5.73 Å². The molecule has 0 rings (SSSR count). The highest BCUT2D eigenvalue weighted by Gasteiger charge is 2.33. The number of likely N-dealkylation sites (N-methyl/N-ethyl adjacent to an activating group) is 2. The minimum absolute atomic E-state index is 0.181. The highest BCUT2D eigenvalue weighted by Crippen LogP contribution is 2.09. The smallest absolute Gasteiger partial charge is 0.242 e. The van der Waals surface area contributed by atoms with Crippen molar-refractivity contribution in [2.75, 3.05) is 132 Å². The molecule has 0 aliphatic rings. The van der Waals surface area contributed by atoms with Gasteiger partial charge >= 0.3 is 0 Å². The second-order valence-electron chi connectivity index (χ2n) is 19.2. The summed E-state index contributed by atoms with van der Waals surface area (Å²) in [4.78, 5) is 142. The van der Waals surface area contributed by atoms with E-state index in [0.29, 0.717) is 0 Å². The number of amides is 10. The Hall–Kier alpha value is -5.66. The van der Waals surface area contributed by atoms with Crippen LogP contribution in [0.1, 0.15) is 55.4 Å². The highest BCUT2D eigenvalue weighted by atomic mass is 16.3. The van der Waals surface area contributed by atoms with E-state index >= 15 is 0 Å². The lowest BCUT2D eigenvalue weighted by molar-refractivity contribution is -0.150. The molecule has 0 radical (unpaired) electrons. The van der Waals surface area contributed by atoms with Gasteiger partial charge in [-0.3, -0.25) is 47.9 Å². The summed E-state index contributed by atoms with van der Waals surface area (Å²) >= 11 is 0. The summed E-state index contributed by atoms with van der Waals surface area (Å²) in [5, 5.41) is 84.2. The average Bonchev–Trinajstić information content (AvgIpc) is 3.25. The number of hydrogen-bond acceptors (Lipinski definition) is 19. The number of primary amides is 1. The van der Waals surface area contributed by atoms with Crippen LogP contribution in [0.15, 0.2) is 0 Å². The first-order valence-corrected chi connectivity index (χ1v) is 24.5. The molecule has 8 atom stereocenters. The van der Waals surface area contributed by atoms with Crippen LogP contribution >= 0.6 is 0 Å². The highest BCUT2D eigenvalue weighted by molar-refractivity contribution is 5.94. The summed E-state index contributed by atoms with van der Waals surface area (Å²) in [6, 6.07) is 0. The standard InChI is InChI=1S/C46H85N11O18/c1-29(58)12-50(20-37(47)66)41(70)24-53(15-32(4)61)40(69)21-49(10)39(68)22-52(14-31(3)60)43(72)25-55(17-34(6)63)45(74)27-57(19-36(8)65)46(75)28-56(18-35(7)64)44(73)26-54(16-33(5)62)42(71)23-51(13-30(2)59)38(67)11-48-9/h29-36,48,58-65H,11-28H2,1-10H3,(H2,47,66). The van der Waals surface area contributed by atoms with Crippen molar-refractivity contribution in [3.63, 3.8) is 0 Å². The van der Waals surface area contributed by atoms with Gasteiger partial charge in [-0.25, -0.2) is 0 Å². The van der Waals surface area contributed by atoms with Crippen LogP contribution in [0, 0.1) is 0 Å². The Balaban J connectivity index is 6.55. The third kappa shape index (κ3) is 29.3. The van der Waals surface area contributed by atoms with E-state index in [0.717, 1.165) is 44.1 Å². The lowest BCUT2D eigenvalue weighted by Gasteiger charge is -2.33. The van der Waals surface area contributed by atoms with E-state index in [1.54, 1.807) is 0 Å². The Bertz CT molecular complexity index is 1870. The second kappa shape index (κ2) is 34.8. The van der Waals surface area contributed by atoms with Crippen molar-refractivity contribution in [2.24, 2.45) is 5.73 Å². The van der Waals surface area contributed by atoms with Crippen molar-refractivity contribution < 1.29 is 88.8 Å². The molecule has 0 heterocycles. The Morgan fingerprint density at radius 2 is 0.493 bits per heavy atom. The van der Waals surface area contributed by atoms with Gasteiger partial charge in [0.05, 0.1) is 114 Å². The summed E-state index contributed by atoms with van der Waals surface area (Å²) in [6.45, 7) is 0.594. The molecule has 0 aliphatic carbocycles. The van der Waals surface area contributed by atoms with Gasteiger partial charge in [-0.15, -0.1) is 0 Å². The maximum Gasteiger partial charge on any atom is 0.242 e. The van der Waals surface area contributed by atoms with Crippen molar-refractivity contribution in [3.8, 4) is 0 Å². The molecular formula is C46H85N11O18. The molecule has 0 aromatic rings. The van der Waals surface area contributed by atoms with Gasteiger partial charge in [0.15, 0.2) is 0 Å². The van der Waals surface area contributed by atoms with Crippen LogP contribution in [0.4, 0.5) is 0 Å². The van der Waals surface area contributed by atoms with Crippen LogP contribution in [-0.2, 0) is 47.9 Å². The zero-order valence-electron chi connectivity index (χ0n) is 45.1. The summed E-state index contributed by atoms with van der Waals surface area (Å²) in [7, 11) is 2.70. The number of nitrogens with one attached hydrogen (secondary N) is 1. The van der Waals surface area contributed by atoms with Gasteiger partial charge in [0.2, 0.25) is 59.1 Å². The molecule has 0 saturated heterocycles. The summed E-state index contributed by atoms with van der Waals surface area (Å²) in [5.74, 6) is -8.49. The average molecular weight is 1080 g/mol. The molecule has 0 aliphatic heterocycles. The van der Waals surface area contributed by atoms with Crippen LogP contribution in [-0.4, -0.2) is 325 Å². The van der Waals surface area contributed by atoms with Gasteiger partial charge in [-0.1, -0.05) is 0 Å². The molecule has 0 saturated carbocycles. The number of rotatable bonds is 36. The number of aliphatic hydroxyl groups is 8. The first-order chi connectivity index (χ1) is 34.7. The monoisotopic (exact) mass is 1080 g/mol. The van der Waals surface area contributed by atoms with Gasteiger partial charge in [-0.05, 0) is 62.4 Å². The van der Waals surface area contributed by atoms with Gasteiger partial charge in [0, 0.05) is 59.4 Å². The molecule has 0 bridgehead atoms. The number of nitrogens with two attached hydrogens (primary N) is 1. The fourth-order valence-corrected chi connectivity index (χ4v) is 7.29. The van der Waals surface area contributed by atoms with E-state index in [9.17, 15) is 88.8 Å². The topological polar surface area (TPSA) is 400 Å². The predicted molar refractivity (Wildman–Crippen MR) is 267 cm³/mol. The molecule has 432 valence electrons. The Labute approximate surface area is 438 Å². The molecule has 0 aromatic heterocycles. The molecule has 75 heavy (non-hydrogen) atoms. The summed E-state index contributed by atoms with van der Waals surface area (Å²) in [6.07, 6.45) is -9.45. The predicted octanol–water partition coefficient (Wildman–Crippen LogP) is -8.18. The van der Waals surface area contributed by atoms with Crippen molar-refractivity contribution in [2.45, 2.75) is 104 Å². The van der Waals surface area contributed by atoms with Crippen LogP contribution in [0.3, 0.4) is 0 Å². The van der Waals surface area contributed by atoms with Crippen LogP contribution < -0.4 is 11.1 Å². The van der Waals surface area contributed by atoms with Crippen molar-refractivity contribution >= 4 is 59.1 Å². The van der Waals surface area contributed by atoms with Crippen molar-refractivity contribution in [1.29, 1.82) is 0 Å². The minimum Gasteiger partial charge on any atom is -0.392 e. The normalized spacial score (nSPS) is 14.4. The Kier molecular flexibility index (Phi) is 32.2. The van der Waals surface area contributed by atoms with E-state index < -0.39 is 200 Å². The third-order valence-corrected chi connectivity index (χ3v) is 10.5. The lowest BCUT2D eigenvalue weighted by atomic mass is 10.2. The first-order valence-electron chi connectivity index (χ1n) is 24.5. The molecule has 0 fully saturated rings. The van der Waals surface area contributed by atoms with E-state index in [2.05, 4.69) is 5.32 Å². The number of carbonyl (C=O) groups is 10. The second-order valence-corrected chi connectivity index (χ2v) is 19.2. The minimum atomic E-state index is -1.27. The molecular weight excluding hydrogens is 995 g/mol. The van der Waals surface area contributed by atoms with Gasteiger partial charge in [-0.2, -0.15) is 0 Å². The molecule has 0 aromatic carbocycles. The third-order valence-electron chi connectivity index (χ3n) is 10.5. The Morgan fingerprint density at radius 3 is 0.680 bits per heavy atom. The van der Waals surface area contributed by atoms with Crippen molar-refractivity contribution in [1.82, 2.24) is 49.4 Å². The zero-order chi connectivity index (χ0) is 58.0. The SMILES string of the molecule is CNCC(=O)N(CC(=O)N(CC(=O)N(CC(=O)N(CC(=O)N(CC(=O)N(CC(=O)N(C)CC(=O)N(CC(=O)N(CC(N)=O)CC(C)O)CC(C)O)CC(C)O)CC(C)O)CC(C)O)CC(C)O)CC(C)O)CC(C)O. The number of carbonyl (C=O) groups excluding carboxylic acids is 10. The Morgan fingerprint density at radius 1 is 0.320 bits per heavy atom. The van der Waals surface area contributed by atoms with Crippen LogP contribution in [0.25, 0.3) is 0 Å². The van der Waals surface area contributed by atoms with Gasteiger partial charge < -0.3 is 96.0 Å². The maximum absolute atomic E-state index is 14.0. The van der Waals surface area contributed by atoms with E-state index in [1.807, 2.05) is 0 Å². The lowest BCUT2D eigenvalue weighted by Crippen LogP contribution is -2.55.